The molecule has 1 aromatic carbocycles. The molecule has 1 fully saturated rings. The van der Waals surface area contributed by atoms with Crippen molar-refractivity contribution in [3.63, 3.8) is 0 Å². The Morgan fingerprint density at radius 2 is 1.81 bits per heavy atom. The molecule has 7 nitrogen and oxygen atoms in total. The van der Waals surface area contributed by atoms with Gasteiger partial charge in [-0.2, -0.15) is 4.98 Å². The summed E-state index contributed by atoms with van der Waals surface area (Å²) in [6.07, 6.45) is 1.95. The van der Waals surface area contributed by atoms with E-state index >= 15 is 0 Å². The Bertz CT molecular complexity index is 965. The second-order valence-corrected chi connectivity index (χ2v) is 7.55. The first kappa shape index (κ1) is 23.2. The molecule has 1 aliphatic heterocycles. The van der Waals surface area contributed by atoms with Crippen LogP contribution in [-0.4, -0.2) is 55.9 Å². The van der Waals surface area contributed by atoms with Gasteiger partial charge in [0.2, 0.25) is 11.8 Å². The zero-order valence-electron chi connectivity index (χ0n) is 18.3. The van der Waals surface area contributed by atoms with E-state index in [1.807, 2.05) is 31.2 Å². The fourth-order valence-corrected chi connectivity index (χ4v) is 4.46. The van der Waals surface area contributed by atoms with Gasteiger partial charge in [0, 0.05) is 17.5 Å². The SMILES string of the molecule is CCOc1cc2c(cc1OC)C(c1ccc(OC)nc1OC)=NC1CCC(O)C[C@H]21.Cl. The molecule has 0 spiro atoms. The maximum atomic E-state index is 10.3. The van der Waals surface area contributed by atoms with E-state index in [1.54, 1.807) is 21.3 Å². The van der Waals surface area contributed by atoms with Crippen LogP contribution in [0.15, 0.2) is 29.3 Å². The molecule has 2 heterocycles. The first-order valence-corrected chi connectivity index (χ1v) is 10.3. The highest BCUT2D eigenvalue weighted by Crippen LogP contribution is 2.45. The highest BCUT2D eigenvalue weighted by atomic mass is 35.5. The van der Waals surface area contributed by atoms with E-state index in [0.29, 0.717) is 36.3 Å². The van der Waals surface area contributed by atoms with Crippen LogP contribution < -0.4 is 18.9 Å². The van der Waals surface area contributed by atoms with Crippen LogP contribution in [0, 0.1) is 0 Å². The number of aromatic nitrogens is 1. The van der Waals surface area contributed by atoms with Gasteiger partial charge in [0.05, 0.1) is 51.4 Å². The van der Waals surface area contributed by atoms with Gasteiger partial charge in [-0.3, -0.25) is 4.99 Å². The van der Waals surface area contributed by atoms with E-state index in [-0.39, 0.29) is 30.5 Å². The van der Waals surface area contributed by atoms with Crippen LogP contribution in [0.1, 0.15) is 48.8 Å². The number of ether oxygens (including phenoxy) is 4. The van der Waals surface area contributed by atoms with Gasteiger partial charge in [-0.25, -0.2) is 0 Å². The van der Waals surface area contributed by atoms with Gasteiger partial charge in [-0.15, -0.1) is 12.4 Å². The Labute approximate surface area is 188 Å². The van der Waals surface area contributed by atoms with Crippen LogP contribution in [0.5, 0.6) is 23.3 Å². The number of aliphatic hydroxyl groups excluding tert-OH is 1. The minimum absolute atomic E-state index is 0. The minimum atomic E-state index is -0.314. The van der Waals surface area contributed by atoms with Crippen LogP contribution in [0.2, 0.25) is 0 Å². The quantitative estimate of drug-likeness (QED) is 0.724. The van der Waals surface area contributed by atoms with Crippen molar-refractivity contribution in [1.29, 1.82) is 0 Å². The third-order valence-corrected chi connectivity index (χ3v) is 5.86. The Morgan fingerprint density at radius 1 is 1.00 bits per heavy atom. The predicted molar refractivity (Wildman–Crippen MR) is 121 cm³/mol. The molecule has 4 rings (SSSR count). The molecule has 0 bridgehead atoms. The summed E-state index contributed by atoms with van der Waals surface area (Å²) in [6.45, 7) is 2.50. The maximum absolute atomic E-state index is 10.3. The Kier molecular flexibility index (Phi) is 7.28. The summed E-state index contributed by atoms with van der Waals surface area (Å²) < 4.78 is 22.2. The van der Waals surface area contributed by atoms with E-state index < -0.39 is 0 Å². The highest BCUT2D eigenvalue weighted by Gasteiger charge is 2.38. The monoisotopic (exact) mass is 448 g/mol. The van der Waals surface area contributed by atoms with Crippen molar-refractivity contribution in [3.8, 4) is 23.3 Å². The van der Waals surface area contributed by atoms with Crippen LogP contribution in [0.25, 0.3) is 0 Å². The molecule has 31 heavy (non-hydrogen) atoms. The normalized spacial score (nSPS) is 21.7. The second kappa shape index (κ2) is 9.75. The summed E-state index contributed by atoms with van der Waals surface area (Å²) in [6, 6.07) is 7.84. The molecular weight excluding hydrogens is 420 g/mol. The first-order valence-electron chi connectivity index (χ1n) is 10.3. The zero-order chi connectivity index (χ0) is 21.3. The Morgan fingerprint density at radius 3 is 2.48 bits per heavy atom. The van der Waals surface area contributed by atoms with Crippen LogP contribution in [0.3, 0.4) is 0 Å². The second-order valence-electron chi connectivity index (χ2n) is 7.55. The van der Waals surface area contributed by atoms with Gasteiger partial charge in [-0.05, 0) is 49.9 Å². The van der Waals surface area contributed by atoms with Crippen molar-refractivity contribution in [1.82, 2.24) is 4.98 Å². The van der Waals surface area contributed by atoms with Gasteiger partial charge in [0.15, 0.2) is 11.5 Å². The molecule has 0 saturated heterocycles. The maximum Gasteiger partial charge on any atom is 0.226 e. The lowest BCUT2D eigenvalue weighted by Gasteiger charge is -2.37. The van der Waals surface area contributed by atoms with Crippen molar-refractivity contribution in [2.75, 3.05) is 27.9 Å². The fourth-order valence-electron chi connectivity index (χ4n) is 4.46. The third kappa shape index (κ3) is 4.29. The number of pyridine rings is 1. The minimum Gasteiger partial charge on any atom is -0.493 e. The lowest BCUT2D eigenvalue weighted by Crippen LogP contribution is -2.34. The molecular formula is C23H29ClN2O5. The van der Waals surface area contributed by atoms with E-state index in [9.17, 15) is 5.11 Å². The van der Waals surface area contributed by atoms with Gasteiger partial charge in [0.1, 0.15) is 0 Å². The average Bonchev–Trinajstić information content (AvgIpc) is 2.78. The summed E-state index contributed by atoms with van der Waals surface area (Å²) in [5.74, 6) is 2.43. The van der Waals surface area contributed by atoms with Crippen molar-refractivity contribution in [2.45, 2.75) is 44.2 Å². The standard InChI is InChI=1S/C23H28N2O5.ClH/c1-5-30-20-11-15-16-10-13(26)6-8-18(16)24-22(17(15)12-19(20)27-2)14-7-9-21(28-3)25-23(14)29-4;/h7,9,11-13,16,18,26H,5-6,8,10H2,1-4H3;1H/t13?,16-,18?;/m1./s1. The smallest absolute Gasteiger partial charge is 0.226 e. The van der Waals surface area contributed by atoms with Crippen LogP contribution in [-0.2, 0) is 0 Å². The highest BCUT2D eigenvalue weighted by molar-refractivity contribution is 6.16. The van der Waals surface area contributed by atoms with Gasteiger partial charge >= 0.3 is 0 Å². The zero-order valence-corrected chi connectivity index (χ0v) is 19.1. The number of halogens is 1. The largest absolute Gasteiger partial charge is 0.493 e. The molecule has 168 valence electrons. The Balaban J connectivity index is 0.00000272. The Hall–Kier alpha value is -2.51. The lowest BCUT2D eigenvalue weighted by molar-refractivity contribution is 0.111. The third-order valence-electron chi connectivity index (χ3n) is 5.86. The number of hydrogen-bond donors (Lipinski definition) is 1. The van der Waals surface area contributed by atoms with Gasteiger partial charge in [0.25, 0.3) is 0 Å². The molecule has 1 saturated carbocycles. The summed E-state index contributed by atoms with van der Waals surface area (Å²) in [4.78, 5) is 9.56. The fraction of sp³-hybridized carbons (Fsp3) is 0.478. The number of aliphatic hydroxyl groups is 1. The van der Waals surface area contributed by atoms with Crippen molar-refractivity contribution in [3.05, 3.63) is 41.0 Å². The number of aliphatic imine (C=N–C) groups is 1. The summed E-state index contributed by atoms with van der Waals surface area (Å²) in [5.41, 5.74) is 3.69. The molecule has 2 aromatic rings. The molecule has 8 heteroatoms. The van der Waals surface area contributed by atoms with Gasteiger partial charge < -0.3 is 24.1 Å². The molecule has 3 atom stereocenters. The topological polar surface area (TPSA) is 82.4 Å². The number of rotatable bonds is 6. The number of benzene rings is 1. The lowest BCUT2D eigenvalue weighted by atomic mass is 9.74. The van der Waals surface area contributed by atoms with Crippen LogP contribution in [0.4, 0.5) is 0 Å². The van der Waals surface area contributed by atoms with Crippen LogP contribution >= 0.6 is 12.4 Å². The number of nitrogens with zero attached hydrogens (tertiary/aromatic N) is 2. The molecule has 0 radical (unpaired) electrons. The molecule has 0 amide bonds. The molecule has 1 aliphatic carbocycles. The average molecular weight is 449 g/mol. The predicted octanol–water partition coefficient (Wildman–Crippen LogP) is 3.78. The summed E-state index contributed by atoms with van der Waals surface area (Å²) in [7, 11) is 4.80. The molecule has 2 unspecified atom stereocenters. The first-order chi connectivity index (χ1) is 14.6. The van der Waals surface area contributed by atoms with E-state index in [1.165, 1.54) is 0 Å². The number of fused-ring (bicyclic) bond motifs is 3. The summed E-state index contributed by atoms with van der Waals surface area (Å²) >= 11 is 0. The molecule has 1 aromatic heterocycles. The number of methoxy groups -OCH3 is 3. The van der Waals surface area contributed by atoms with E-state index in [0.717, 1.165) is 35.2 Å². The molecule has 1 N–H and O–H groups in total. The van der Waals surface area contributed by atoms with Crippen molar-refractivity contribution < 1.29 is 24.1 Å². The van der Waals surface area contributed by atoms with E-state index in [2.05, 4.69) is 4.98 Å². The molecule has 2 aliphatic rings. The number of hydrogen-bond acceptors (Lipinski definition) is 7. The van der Waals surface area contributed by atoms with E-state index in [4.69, 9.17) is 23.9 Å². The van der Waals surface area contributed by atoms with Gasteiger partial charge in [-0.1, -0.05) is 0 Å². The van der Waals surface area contributed by atoms with Crippen molar-refractivity contribution >= 4 is 18.1 Å². The summed E-state index contributed by atoms with van der Waals surface area (Å²) in [5, 5.41) is 10.3. The van der Waals surface area contributed by atoms with Crippen molar-refractivity contribution in [2.24, 2.45) is 4.99 Å².